The summed E-state index contributed by atoms with van der Waals surface area (Å²) in [6.45, 7) is 2.32. The lowest BCUT2D eigenvalue weighted by atomic mass is 10.1. The molecule has 0 aliphatic carbocycles. The van der Waals surface area contributed by atoms with E-state index in [1.165, 1.54) is 15.6 Å². The maximum atomic E-state index is 12.6. The van der Waals surface area contributed by atoms with Gasteiger partial charge >= 0.3 is 0 Å². The van der Waals surface area contributed by atoms with Crippen LogP contribution in [0, 0.1) is 0 Å². The second-order valence-corrected chi connectivity index (χ2v) is 9.12. The van der Waals surface area contributed by atoms with Crippen LogP contribution in [0.3, 0.4) is 0 Å². The quantitative estimate of drug-likeness (QED) is 0.724. The van der Waals surface area contributed by atoms with Crippen LogP contribution in [0.1, 0.15) is 19.0 Å². The summed E-state index contributed by atoms with van der Waals surface area (Å²) in [5, 5.41) is 2.59. The van der Waals surface area contributed by atoms with Crippen molar-refractivity contribution in [3.8, 4) is 21.8 Å². The molecule has 0 bridgehead atoms. The van der Waals surface area contributed by atoms with Crippen LogP contribution in [-0.4, -0.2) is 35.7 Å². The van der Waals surface area contributed by atoms with Gasteiger partial charge in [-0.15, -0.1) is 11.3 Å². The number of pyridine rings is 2. The van der Waals surface area contributed by atoms with Crippen molar-refractivity contribution in [3.63, 3.8) is 0 Å². The van der Waals surface area contributed by atoms with Gasteiger partial charge in [-0.2, -0.15) is 0 Å². The average Bonchev–Trinajstić information content (AvgIpc) is 3.28. The van der Waals surface area contributed by atoms with Crippen LogP contribution in [0.5, 0.6) is 0 Å². The highest BCUT2D eigenvalue weighted by Crippen LogP contribution is 2.32. The van der Waals surface area contributed by atoms with Crippen molar-refractivity contribution in [2.75, 3.05) is 16.6 Å². The summed E-state index contributed by atoms with van der Waals surface area (Å²) in [7, 11) is -3.34. The zero-order chi connectivity index (χ0) is 19.0. The Morgan fingerprint density at radius 2 is 2.07 bits per heavy atom. The summed E-state index contributed by atoms with van der Waals surface area (Å²) >= 11 is 1.43. The minimum atomic E-state index is -3.34. The Balaban J connectivity index is 1.81. The zero-order valence-electron chi connectivity index (χ0n) is 14.7. The average molecular weight is 403 g/mol. The lowest BCUT2D eigenvalue weighted by molar-refractivity contribution is 0.599. The molecule has 1 aliphatic rings. The van der Waals surface area contributed by atoms with Gasteiger partial charge < -0.3 is 4.98 Å². The highest BCUT2D eigenvalue weighted by atomic mass is 32.2. The van der Waals surface area contributed by atoms with Gasteiger partial charge in [0, 0.05) is 35.6 Å². The van der Waals surface area contributed by atoms with Gasteiger partial charge in [0.2, 0.25) is 10.0 Å². The van der Waals surface area contributed by atoms with Gasteiger partial charge in [-0.05, 0) is 31.0 Å². The first-order valence-corrected chi connectivity index (χ1v) is 11.1. The van der Waals surface area contributed by atoms with Gasteiger partial charge in [0.05, 0.1) is 22.7 Å². The van der Waals surface area contributed by atoms with Crippen LogP contribution < -0.4 is 9.86 Å². The standard InChI is InChI=1S/C18H18N4O3S2/c1-2-14-16(22-8-3-9-27(22,24)25)10-13(17(23)20-14)15-11-26-18(21-15)12-4-6-19-7-5-12/h4-7,10-11H,2-3,8-9H2,1H3,(H,20,23). The van der Waals surface area contributed by atoms with E-state index in [0.717, 1.165) is 10.6 Å². The molecule has 0 unspecified atom stereocenters. The SMILES string of the molecule is CCc1[nH]c(=O)c(-c2csc(-c3ccncc3)n2)cc1N1CCCS1(=O)=O. The van der Waals surface area contributed by atoms with Gasteiger partial charge in [-0.25, -0.2) is 13.4 Å². The lowest BCUT2D eigenvalue weighted by Gasteiger charge is -2.20. The number of anilines is 1. The van der Waals surface area contributed by atoms with Crippen LogP contribution in [0.15, 0.2) is 40.8 Å². The van der Waals surface area contributed by atoms with Crippen molar-refractivity contribution >= 4 is 27.0 Å². The highest BCUT2D eigenvalue weighted by molar-refractivity contribution is 7.93. The smallest absolute Gasteiger partial charge is 0.257 e. The molecule has 0 amide bonds. The molecule has 1 saturated heterocycles. The summed E-state index contributed by atoms with van der Waals surface area (Å²) in [5.74, 6) is 0.132. The maximum Gasteiger partial charge on any atom is 0.257 e. The van der Waals surface area contributed by atoms with E-state index >= 15 is 0 Å². The molecular formula is C18H18N4O3S2. The molecule has 0 aromatic carbocycles. The molecule has 1 fully saturated rings. The van der Waals surface area contributed by atoms with E-state index in [2.05, 4.69) is 15.0 Å². The molecule has 0 atom stereocenters. The number of thiazole rings is 1. The number of rotatable bonds is 4. The van der Waals surface area contributed by atoms with E-state index < -0.39 is 10.0 Å². The van der Waals surface area contributed by atoms with Crippen LogP contribution in [0.2, 0.25) is 0 Å². The topological polar surface area (TPSA) is 96.0 Å². The number of aromatic amines is 1. The minimum absolute atomic E-state index is 0.132. The highest BCUT2D eigenvalue weighted by Gasteiger charge is 2.31. The number of hydrogen-bond acceptors (Lipinski definition) is 6. The van der Waals surface area contributed by atoms with Gasteiger partial charge in [0.1, 0.15) is 5.01 Å². The molecule has 1 N–H and O–H groups in total. The van der Waals surface area contributed by atoms with Crippen molar-refractivity contribution in [2.45, 2.75) is 19.8 Å². The first-order valence-electron chi connectivity index (χ1n) is 8.62. The normalized spacial score (nSPS) is 16.0. The van der Waals surface area contributed by atoms with Gasteiger partial charge in [0.15, 0.2) is 0 Å². The fourth-order valence-electron chi connectivity index (χ4n) is 3.17. The number of nitrogens with zero attached hydrogens (tertiary/aromatic N) is 3. The van der Waals surface area contributed by atoms with Crippen LogP contribution in [-0.2, 0) is 16.4 Å². The Morgan fingerprint density at radius 1 is 1.30 bits per heavy atom. The Bertz CT molecular complexity index is 1140. The van der Waals surface area contributed by atoms with Crippen molar-refractivity contribution in [2.24, 2.45) is 0 Å². The first-order chi connectivity index (χ1) is 13.0. The molecule has 7 nitrogen and oxygen atoms in total. The van der Waals surface area contributed by atoms with E-state index in [1.54, 1.807) is 18.5 Å². The predicted octanol–water partition coefficient (Wildman–Crippen LogP) is 2.66. The summed E-state index contributed by atoms with van der Waals surface area (Å²) < 4.78 is 26.1. The van der Waals surface area contributed by atoms with Crippen LogP contribution >= 0.6 is 11.3 Å². The Morgan fingerprint density at radius 3 is 2.74 bits per heavy atom. The number of hydrogen-bond donors (Lipinski definition) is 1. The summed E-state index contributed by atoms with van der Waals surface area (Å²) in [6, 6.07) is 5.37. The molecule has 4 heterocycles. The van der Waals surface area contributed by atoms with Crippen molar-refractivity contribution in [1.29, 1.82) is 0 Å². The van der Waals surface area contributed by atoms with E-state index in [-0.39, 0.29) is 11.3 Å². The van der Waals surface area contributed by atoms with Gasteiger partial charge in [-0.3, -0.25) is 14.1 Å². The summed E-state index contributed by atoms with van der Waals surface area (Å²) in [4.78, 5) is 24.0. The van der Waals surface area contributed by atoms with E-state index in [1.807, 2.05) is 24.4 Å². The van der Waals surface area contributed by atoms with Crippen LogP contribution in [0.25, 0.3) is 21.8 Å². The molecule has 9 heteroatoms. The lowest BCUT2D eigenvalue weighted by Crippen LogP contribution is -2.28. The summed E-state index contributed by atoms with van der Waals surface area (Å²) in [5.41, 5.74) is 2.74. The number of H-pyrrole nitrogens is 1. The molecule has 140 valence electrons. The predicted molar refractivity (Wildman–Crippen MR) is 107 cm³/mol. The van der Waals surface area contributed by atoms with E-state index in [9.17, 15) is 13.2 Å². The van der Waals surface area contributed by atoms with Crippen molar-refractivity contribution < 1.29 is 8.42 Å². The monoisotopic (exact) mass is 402 g/mol. The molecule has 3 aromatic rings. The molecule has 0 radical (unpaired) electrons. The Hall–Kier alpha value is -2.52. The van der Waals surface area contributed by atoms with Crippen molar-refractivity contribution in [3.05, 3.63) is 52.0 Å². The summed E-state index contributed by atoms with van der Waals surface area (Å²) in [6.07, 6.45) is 4.50. The van der Waals surface area contributed by atoms with Crippen LogP contribution in [0.4, 0.5) is 5.69 Å². The number of sulfonamides is 1. The number of aromatic nitrogens is 3. The molecule has 4 rings (SSSR count). The van der Waals surface area contributed by atoms with Crippen molar-refractivity contribution in [1.82, 2.24) is 15.0 Å². The molecule has 1 aliphatic heterocycles. The largest absolute Gasteiger partial charge is 0.324 e. The molecule has 3 aromatic heterocycles. The Kier molecular flexibility index (Phi) is 4.56. The fraction of sp³-hybridized carbons (Fsp3) is 0.278. The minimum Gasteiger partial charge on any atom is -0.324 e. The zero-order valence-corrected chi connectivity index (χ0v) is 16.3. The molecular weight excluding hydrogens is 384 g/mol. The van der Waals surface area contributed by atoms with E-state index in [4.69, 9.17) is 0 Å². The number of nitrogens with one attached hydrogen (secondary N) is 1. The maximum absolute atomic E-state index is 12.6. The Labute approximate surface area is 160 Å². The fourth-order valence-corrected chi connectivity index (χ4v) is 5.59. The third kappa shape index (κ3) is 3.28. The second-order valence-electron chi connectivity index (χ2n) is 6.24. The van der Waals surface area contributed by atoms with Gasteiger partial charge in [0.25, 0.3) is 5.56 Å². The molecule has 0 saturated carbocycles. The van der Waals surface area contributed by atoms with Gasteiger partial charge in [-0.1, -0.05) is 6.92 Å². The molecule has 0 spiro atoms. The third-order valence-electron chi connectivity index (χ3n) is 4.53. The second kappa shape index (κ2) is 6.90. The number of aryl methyl sites for hydroxylation is 1. The third-order valence-corrected chi connectivity index (χ3v) is 7.27. The van der Waals surface area contributed by atoms with E-state index in [0.29, 0.717) is 42.0 Å². The molecule has 27 heavy (non-hydrogen) atoms. The first kappa shape index (κ1) is 17.9.